The van der Waals surface area contributed by atoms with E-state index in [2.05, 4.69) is 34.6 Å². The predicted molar refractivity (Wildman–Crippen MR) is 79.6 cm³/mol. The zero-order valence-electron chi connectivity index (χ0n) is 11.9. The molecule has 0 aliphatic carbocycles. The van der Waals surface area contributed by atoms with E-state index in [0.29, 0.717) is 0 Å². The second-order valence-electron chi connectivity index (χ2n) is 4.57. The molecule has 0 unspecified atom stereocenters. The molecule has 1 nitrogen and oxygen atoms in total. The Kier molecular flexibility index (Phi) is 8.25. The summed E-state index contributed by atoms with van der Waals surface area (Å²) in [6.45, 7) is 11.9. The number of para-hydroxylation sites is 1. The Balaban J connectivity index is 0.000000318. The third kappa shape index (κ3) is 5.55. The molecule has 1 rings (SSSR count). The minimum absolute atomic E-state index is 0.0718. The lowest BCUT2D eigenvalue weighted by Crippen LogP contribution is -2.12. The Morgan fingerprint density at radius 2 is 1.35 bits per heavy atom. The van der Waals surface area contributed by atoms with Gasteiger partial charge in [0.25, 0.3) is 0 Å². The summed E-state index contributed by atoms with van der Waals surface area (Å²) in [6.07, 6.45) is 4.33. The summed E-state index contributed by atoms with van der Waals surface area (Å²) in [4.78, 5) is 0. The van der Waals surface area contributed by atoms with Crippen LogP contribution in [0.5, 0.6) is 5.75 Å². The van der Waals surface area contributed by atoms with Gasteiger partial charge in [-0.25, -0.2) is 0 Å². The summed E-state index contributed by atoms with van der Waals surface area (Å²) in [7, 11) is -0.511. The van der Waals surface area contributed by atoms with Gasteiger partial charge in [-0.3, -0.25) is 0 Å². The van der Waals surface area contributed by atoms with Crippen molar-refractivity contribution in [2.45, 2.75) is 40.3 Å². The third-order valence-corrected chi connectivity index (χ3v) is 9.70. The van der Waals surface area contributed by atoms with E-state index in [0.717, 1.165) is 5.66 Å². The summed E-state index contributed by atoms with van der Waals surface area (Å²) in [5.74, 6) is 0.0718. The summed E-state index contributed by atoms with van der Waals surface area (Å²) in [6, 6.07) is 8.33. The average Bonchev–Trinajstić information content (AvgIpc) is 2.33. The second kappa shape index (κ2) is 8.53. The fourth-order valence-electron chi connectivity index (χ4n) is 2.19. The van der Waals surface area contributed by atoms with E-state index in [9.17, 15) is 5.11 Å². The van der Waals surface area contributed by atoms with E-state index in [1.165, 1.54) is 30.6 Å². The topological polar surface area (TPSA) is 23.1 Å². The summed E-state index contributed by atoms with van der Waals surface area (Å²) >= 11 is 0. The van der Waals surface area contributed by atoms with Crippen LogP contribution in [0.2, 0.25) is 0 Å². The van der Waals surface area contributed by atoms with Crippen molar-refractivity contribution in [1.82, 2.24) is 0 Å². The van der Waals surface area contributed by atoms with Gasteiger partial charge in [-0.15, -0.1) is 5.75 Å². The molecule has 2 heteroatoms. The first-order chi connectivity index (χ1) is 8.02. The molecular formula is C15H27OP. The van der Waals surface area contributed by atoms with Gasteiger partial charge in [0.2, 0.25) is 0 Å². The van der Waals surface area contributed by atoms with Gasteiger partial charge < -0.3 is 5.11 Å². The van der Waals surface area contributed by atoms with Crippen LogP contribution in [0.15, 0.2) is 30.3 Å². The standard InChI is InChI=1S/C9H22P.C6H6O/c1-6-10(7-2,8-3)9(4)5;7-6-4-2-1-3-5-6/h9H,6-8H2,1-5H3;1-5,7H/q+1;/p-1. The van der Waals surface area contributed by atoms with Crippen LogP contribution in [0.4, 0.5) is 0 Å². The molecule has 0 bridgehead atoms. The quantitative estimate of drug-likeness (QED) is 0.737. The van der Waals surface area contributed by atoms with Crippen molar-refractivity contribution < 1.29 is 5.11 Å². The molecule has 0 spiro atoms. The molecule has 1 aromatic rings. The highest BCUT2D eigenvalue weighted by molar-refractivity contribution is 7.76. The fraction of sp³-hybridized carbons (Fsp3) is 0.600. The smallest absolute Gasteiger partial charge is 0.0641 e. The fourth-order valence-corrected chi connectivity index (χ4v) is 5.72. The van der Waals surface area contributed by atoms with Crippen LogP contribution in [0.1, 0.15) is 34.6 Å². The lowest BCUT2D eigenvalue weighted by Gasteiger charge is -2.27. The molecule has 0 aliphatic heterocycles. The van der Waals surface area contributed by atoms with E-state index in [1.807, 2.05) is 6.07 Å². The average molecular weight is 254 g/mol. The van der Waals surface area contributed by atoms with Crippen molar-refractivity contribution in [2.24, 2.45) is 0 Å². The minimum Gasteiger partial charge on any atom is -0.872 e. The zero-order valence-corrected chi connectivity index (χ0v) is 12.8. The summed E-state index contributed by atoms with van der Waals surface area (Å²) in [5, 5.41) is 10.3. The van der Waals surface area contributed by atoms with E-state index >= 15 is 0 Å². The monoisotopic (exact) mass is 254 g/mol. The molecule has 0 radical (unpaired) electrons. The molecule has 0 amide bonds. The van der Waals surface area contributed by atoms with Crippen LogP contribution in [0.25, 0.3) is 0 Å². The van der Waals surface area contributed by atoms with E-state index < -0.39 is 7.26 Å². The molecule has 98 valence electrons. The number of hydrogen-bond donors (Lipinski definition) is 0. The predicted octanol–water partition coefficient (Wildman–Crippen LogP) is 4.23. The zero-order chi connectivity index (χ0) is 13.3. The minimum atomic E-state index is -0.511. The second-order valence-corrected chi connectivity index (χ2v) is 9.94. The van der Waals surface area contributed by atoms with Crippen LogP contribution in [-0.4, -0.2) is 24.1 Å². The molecule has 0 atom stereocenters. The molecular weight excluding hydrogens is 227 g/mol. The highest BCUT2D eigenvalue weighted by atomic mass is 31.2. The molecule has 1 aromatic carbocycles. The van der Waals surface area contributed by atoms with Crippen LogP contribution in [-0.2, 0) is 0 Å². The van der Waals surface area contributed by atoms with Gasteiger partial charge in [-0.05, 0) is 34.6 Å². The Bertz CT molecular complexity index is 270. The van der Waals surface area contributed by atoms with Crippen molar-refractivity contribution in [3.63, 3.8) is 0 Å². The van der Waals surface area contributed by atoms with Crippen molar-refractivity contribution in [2.75, 3.05) is 18.5 Å². The first-order valence-electron chi connectivity index (χ1n) is 6.60. The lowest BCUT2D eigenvalue weighted by atomic mass is 10.3. The van der Waals surface area contributed by atoms with Crippen molar-refractivity contribution in [3.05, 3.63) is 30.3 Å². The normalized spacial score (nSPS) is 10.9. The highest BCUT2D eigenvalue weighted by Crippen LogP contribution is 2.61. The number of benzene rings is 1. The maximum Gasteiger partial charge on any atom is 0.0641 e. The molecule has 0 fully saturated rings. The molecule has 0 saturated carbocycles. The number of rotatable bonds is 4. The summed E-state index contributed by atoms with van der Waals surface area (Å²) < 4.78 is 0. The van der Waals surface area contributed by atoms with Gasteiger partial charge >= 0.3 is 0 Å². The molecule has 0 aromatic heterocycles. The first-order valence-corrected chi connectivity index (χ1v) is 9.01. The van der Waals surface area contributed by atoms with Gasteiger partial charge in [-0.1, -0.05) is 30.3 Å². The Morgan fingerprint density at radius 3 is 1.47 bits per heavy atom. The van der Waals surface area contributed by atoms with Crippen molar-refractivity contribution >= 4 is 7.26 Å². The van der Waals surface area contributed by atoms with E-state index in [4.69, 9.17) is 0 Å². The molecule has 17 heavy (non-hydrogen) atoms. The molecule has 0 aliphatic rings. The SMILES string of the molecule is CC[P+](CC)(CC)C(C)C.[O-]c1ccccc1. The number of hydrogen-bond acceptors (Lipinski definition) is 1. The first kappa shape index (κ1) is 16.4. The third-order valence-electron chi connectivity index (χ3n) is 3.73. The van der Waals surface area contributed by atoms with Crippen LogP contribution in [0.3, 0.4) is 0 Å². The molecule has 0 saturated heterocycles. The van der Waals surface area contributed by atoms with Gasteiger partial charge in [0.15, 0.2) is 0 Å². The van der Waals surface area contributed by atoms with Gasteiger partial charge in [0, 0.05) is 7.26 Å². The van der Waals surface area contributed by atoms with Gasteiger partial charge in [0.1, 0.15) is 0 Å². The Morgan fingerprint density at radius 1 is 0.941 bits per heavy atom. The van der Waals surface area contributed by atoms with Crippen molar-refractivity contribution in [1.29, 1.82) is 0 Å². The molecule has 0 N–H and O–H groups in total. The summed E-state index contributed by atoms with van der Waals surface area (Å²) in [5.41, 5.74) is 0.951. The lowest BCUT2D eigenvalue weighted by molar-refractivity contribution is -0.268. The maximum atomic E-state index is 10.3. The van der Waals surface area contributed by atoms with Crippen LogP contribution in [0, 0.1) is 0 Å². The van der Waals surface area contributed by atoms with Crippen LogP contribution < -0.4 is 5.11 Å². The largest absolute Gasteiger partial charge is 0.872 e. The Hall–Kier alpha value is -0.550. The Labute approximate surface area is 108 Å². The molecule has 0 heterocycles. The van der Waals surface area contributed by atoms with Crippen LogP contribution >= 0.6 is 7.26 Å². The van der Waals surface area contributed by atoms with Crippen molar-refractivity contribution in [3.8, 4) is 5.75 Å². The maximum absolute atomic E-state index is 10.3. The highest BCUT2D eigenvalue weighted by Gasteiger charge is 2.34. The van der Waals surface area contributed by atoms with E-state index in [1.54, 1.807) is 12.1 Å². The van der Waals surface area contributed by atoms with E-state index in [-0.39, 0.29) is 5.75 Å². The van der Waals surface area contributed by atoms with Gasteiger partial charge in [0.05, 0.1) is 24.1 Å². The van der Waals surface area contributed by atoms with Gasteiger partial charge in [-0.2, -0.15) is 0 Å².